The molecule has 1 heterocycles. The van der Waals surface area contributed by atoms with Crippen LogP contribution in [0, 0.1) is 11.3 Å². The molecular weight excluding hydrogens is 334 g/mol. The van der Waals surface area contributed by atoms with E-state index in [0.29, 0.717) is 30.8 Å². The lowest BCUT2D eigenvalue weighted by Crippen LogP contribution is -2.49. The highest BCUT2D eigenvalue weighted by atomic mass is 32.2. The van der Waals surface area contributed by atoms with Gasteiger partial charge in [0.25, 0.3) is 0 Å². The fourth-order valence-electron chi connectivity index (χ4n) is 3.21. The predicted molar refractivity (Wildman–Crippen MR) is 97.2 cm³/mol. The van der Waals surface area contributed by atoms with Gasteiger partial charge in [-0.05, 0) is 30.3 Å². The fraction of sp³-hybridized carbons (Fsp3) is 0.316. The summed E-state index contributed by atoms with van der Waals surface area (Å²) in [5, 5.41) is 9.01. The van der Waals surface area contributed by atoms with Crippen molar-refractivity contribution in [2.75, 3.05) is 26.7 Å². The van der Waals surface area contributed by atoms with Gasteiger partial charge in [0, 0.05) is 19.6 Å². The molecule has 1 aliphatic rings. The van der Waals surface area contributed by atoms with Crippen molar-refractivity contribution >= 4 is 10.0 Å². The monoisotopic (exact) mass is 355 g/mol. The normalized spacial score (nSPS) is 19.4. The third-order valence-electron chi connectivity index (χ3n) is 4.48. The van der Waals surface area contributed by atoms with E-state index in [2.05, 4.69) is 11.0 Å². The molecule has 3 rings (SSSR count). The number of nitriles is 1. The molecule has 5 nitrogen and oxygen atoms in total. The summed E-state index contributed by atoms with van der Waals surface area (Å²) >= 11 is 0. The largest absolute Gasteiger partial charge is 0.303 e. The Morgan fingerprint density at radius 1 is 1.12 bits per heavy atom. The van der Waals surface area contributed by atoms with Crippen molar-refractivity contribution in [1.29, 1.82) is 5.26 Å². The van der Waals surface area contributed by atoms with E-state index in [-0.39, 0.29) is 11.8 Å². The Balaban J connectivity index is 1.89. The summed E-state index contributed by atoms with van der Waals surface area (Å²) in [5.74, 6) is -0.0877. The highest BCUT2D eigenvalue weighted by Gasteiger charge is 2.35. The van der Waals surface area contributed by atoms with Crippen LogP contribution in [0.5, 0.6) is 0 Å². The summed E-state index contributed by atoms with van der Waals surface area (Å²) in [6.07, 6.45) is 0. The zero-order chi connectivity index (χ0) is 17.9. The SMILES string of the molecule is CN1CCN(S(=O)(=O)Cc2cccc(C#N)c2)C(c2ccccc2)C1. The van der Waals surface area contributed by atoms with Crippen molar-refractivity contribution in [2.45, 2.75) is 11.8 Å². The van der Waals surface area contributed by atoms with Gasteiger partial charge in [-0.2, -0.15) is 9.57 Å². The molecule has 1 saturated heterocycles. The highest BCUT2D eigenvalue weighted by Crippen LogP contribution is 2.29. The van der Waals surface area contributed by atoms with Crippen LogP contribution >= 0.6 is 0 Å². The molecule has 0 radical (unpaired) electrons. The van der Waals surface area contributed by atoms with Gasteiger partial charge in [0.15, 0.2) is 0 Å². The van der Waals surface area contributed by atoms with Gasteiger partial charge in [-0.15, -0.1) is 0 Å². The Kier molecular flexibility index (Phi) is 5.19. The summed E-state index contributed by atoms with van der Waals surface area (Å²) in [5.41, 5.74) is 2.12. The van der Waals surface area contributed by atoms with E-state index in [0.717, 1.165) is 5.56 Å². The second-order valence-electron chi connectivity index (χ2n) is 6.37. The Labute approximate surface area is 149 Å². The van der Waals surface area contributed by atoms with Crippen LogP contribution in [0.25, 0.3) is 0 Å². The van der Waals surface area contributed by atoms with Gasteiger partial charge < -0.3 is 4.90 Å². The van der Waals surface area contributed by atoms with E-state index in [1.165, 1.54) is 0 Å². The number of hydrogen-bond acceptors (Lipinski definition) is 4. The minimum atomic E-state index is -3.48. The first-order valence-corrected chi connectivity index (χ1v) is 9.82. The molecule has 1 unspecified atom stereocenters. The summed E-state index contributed by atoms with van der Waals surface area (Å²) < 4.78 is 27.8. The van der Waals surface area contributed by atoms with Crippen LogP contribution in [0.4, 0.5) is 0 Å². The van der Waals surface area contributed by atoms with Crippen LogP contribution < -0.4 is 0 Å². The number of rotatable bonds is 4. The first-order valence-electron chi connectivity index (χ1n) is 8.21. The van der Waals surface area contributed by atoms with E-state index < -0.39 is 10.0 Å². The lowest BCUT2D eigenvalue weighted by molar-refractivity contribution is 0.160. The second-order valence-corrected chi connectivity index (χ2v) is 8.29. The Hall–Kier alpha value is -2.20. The summed E-state index contributed by atoms with van der Waals surface area (Å²) in [6, 6.07) is 18.4. The van der Waals surface area contributed by atoms with Gasteiger partial charge in [0.2, 0.25) is 10.0 Å². The van der Waals surface area contributed by atoms with Gasteiger partial charge in [0.05, 0.1) is 23.4 Å². The minimum Gasteiger partial charge on any atom is -0.303 e. The fourth-order valence-corrected chi connectivity index (χ4v) is 4.91. The molecule has 1 fully saturated rings. The first-order chi connectivity index (χ1) is 12.0. The smallest absolute Gasteiger partial charge is 0.218 e. The molecule has 25 heavy (non-hydrogen) atoms. The summed E-state index contributed by atoms with van der Waals surface area (Å²) in [7, 11) is -1.47. The molecule has 1 atom stereocenters. The third kappa shape index (κ3) is 4.07. The van der Waals surface area contributed by atoms with E-state index in [9.17, 15) is 8.42 Å². The van der Waals surface area contributed by atoms with Crippen molar-refractivity contribution in [2.24, 2.45) is 0 Å². The van der Waals surface area contributed by atoms with Crippen LogP contribution in [-0.2, 0) is 15.8 Å². The average Bonchev–Trinajstić information content (AvgIpc) is 2.62. The number of likely N-dealkylation sites (N-methyl/N-ethyl adjacent to an activating group) is 1. The van der Waals surface area contributed by atoms with Crippen molar-refractivity contribution < 1.29 is 8.42 Å². The lowest BCUT2D eigenvalue weighted by atomic mass is 10.1. The van der Waals surface area contributed by atoms with Crippen LogP contribution in [0.3, 0.4) is 0 Å². The molecule has 0 saturated carbocycles. The van der Waals surface area contributed by atoms with E-state index in [1.54, 1.807) is 28.6 Å². The third-order valence-corrected chi connectivity index (χ3v) is 6.33. The van der Waals surface area contributed by atoms with Gasteiger partial charge >= 0.3 is 0 Å². The number of sulfonamides is 1. The molecule has 0 aromatic heterocycles. The Morgan fingerprint density at radius 2 is 1.88 bits per heavy atom. The van der Waals surface area contributed by atoms with Gasteiger partial charge in [-0.1, -0.05) is 42.5 Å². The van der Waals surface area contributed by atoms with Gasteiger partial charge in [-0.3, -0.25) is 0 Å². The molecule has 0 aliphatic carbocycles. The maximum atomic E-state index is 13.1. The van der Waals surface area contributed by atoms with Crippen LogP contribution in [-0.4, -0.2) is 44.3 Å². The van der Waals surface area contributed by atoms with Crippen LogP contribution in [0.15, 0.2) is 54.6 Å². The average molecular weight is 355 g/mol. The van der Waals surface area contributed by atoms with Gasteiger partial charge in [0.1, 0.15) is 0 Å². The zero-order valence-corrected chi connectivity index (χ0v) is 15.0. The summed E-state index contributed by atoms with van der Waals surface area (Å²) in [4.78, 5) is 2.15. The summed E-state index contributed by atoms with van der Waals surface area (Å²) in [6.45, 7) is 1.85. The first kappa shape index (κ1) is 17.6. The lowest BCUT2D eigenvalue weighted by Gasteiger charge is -2.39. The van der Waals surface area contributed by atoms with Crippen molar-refractivity contribution in [1.82, 2.24) is 9.21 Å². The second kappa shape index (κ2) is 7.36. The minimum absolute atomic E-state index is 0.0877. The topological polar surface area (TPSA) is 64.4 Å². The zero-order valence-electron chi connectivity index (χ0n) is 14.2. The molecule has 0 bridgehead atoms. The molecule has 0 amide bonds. The highest BCUT2D eigenvalue weighted by molar-refractivity contribution is 7.88. The molecule has 0 spiro atoms. The quantitative estimate of drug-likeness (QED) is 0.845. The van der Waals surface area contributed by atoms with E-state index >= 15 is 0 Å². The molecule has 1 aliphatic heterocycles. The van der Waals surface area contributed by atoms with Crippen molar-refractivity contribution in [3.63, 3.8) is 0 Å². The molecule has 2 aromatic rings. The standard InChI is InChI=1S/C19H21N3O2S/c1-21-10-11-22(19(14-21)18-8-3-2-4-9-18)25(23,24)15-17-7-5-6-16(12-17)13-20/h2-9,12,19H,10-11,14-15H2,1H3. The van der Waals surface area contributed by atoms with Crippen molar-refractivity contribution in [3.05, 3.63) is 71.3 Å². The molecule has 0 N–H and O–H groups in total. The maximum Gasteiger partial charge on any atom is 0.218 e. The number of piperazine rings is 1. The predicted octanol–water partition coefficient (Wildman–Crippen LogP) is 2.38. The Morgan fingerprint density at radius 3 is 2.60 bits per heavy atom. The van der Waals surface area contributed by atoms with E-state index in [1.807, 2.05) is 37.4 Å². The maximum absolute atomic E-state index is 13.1. The number of hydrogen-bond donors (Lipinski definition) is 0. The van der Waals surface area contributed by atoms with Crippen LogP contribution in [0.2, 0.25) is 0 Å². The van der Waals surface area contributed by atoms with Gasteiger partial charge in [-0.25, -0.2) is 8.42 Å². The molecule has 2 aromatic carbocycles. The van der Waals surface area contributed by atoms with E-state index in [4.69, 9.17) is 5.26 Å². The number of nitrogens with zero attached hydrogens (tertiary/aromatic N) is 3. The molecule has 6 heteroatoms. The van der Waals surface area contributed by atoms with Crippen molar-refractivity contribution in [3.8, 4) is 6.07 Å². The van der Waals surface area contributed by atoms with Crippen LogP contribution in [0.1, 0.15) is 22.7 Å². The number of benzene rings is 2. The molecular formula is C19H21N3O2S. The molecule has 130 valence electrons. The Bertz CT molecular complexity index is 875.